The maximum absolute atomic E-state index is 5.46. The largest absolute Gasteiger partial charge is 0.330 e. The van der Waals surface area contributed by atoms with Crippen LogP contribution in [0.3, 0.4) is 0 Å². The van der Waals surface area contributed by atoms with Gasteiger partial charge in [-0.15, -0.1) is 0 Å². The van der Waals surface area contributed by atoms with Gasteiger partial charge < -0.3 is 5.73 Å². The molecule has 0 aromatic heterocycles. The van der Waals surface area contributed by atoms with E-state index in [-0.39, 0.29) is 0 Å². The number of rotatable bonds is 3. The lowest BCUT2D eigenvalue weighted by Gasteiger charge is -2.20. The highest BCUT2D eigenvalue weighted by Crippen LogP contribution is 2.17. The van der Waals surface area contributed by atoms with Crippen molar-refractivity contribution in [3.63, 3.8) is 0 Å². The van der Waals surface area contributed by atoms with Crippen LogP contribution in [0.15, 0.2) is 0 Å². The Hall–Kier alpha value is 0.310. The summed E-state index contributed by atoms with van der Waals surface area (Å²) in [6.45, 7) is 5.07. The molecule has 0 heterocycles. The normalized spacial score (nSPS) is 12.0. The van der Waals surface area contributed by atoms with Crippen LogP contribution in [0.4, 0.5) is 0 Å². The highest BCUT2D eigenvalue weighted by atomic mass is 32.1. The molecule has 1 nitrogen and oxygen atoms in total. The van der Waals surface area contributed by atoms with Crippen LogP contribution in [0.2, 0.25) is 0 Å². The Morgan fingerprint density at radius 3 is 2.12 bits per heavy atom. The maximum Gasteiger partial charge on any atom is -0.00255 e. The Bertz CT molecular complexity index is 61.5. The average Bonchev–Trinajstić information content (AvgIpc) is 1.67. The van der Waals surface area contributed by atoms with Gasteiger partial charge in [-0.3, -0.25) is 0 Å². The van der Waals surface area contributed by atoms with Crippen LogP contribution in [-0.2, 0) is 0 Å². The first-order chi connectivity index (χ1) is 3.62. The fourth-order valence-corrected chi connectivity index (χ4v) is 1.01. The van der Waals surface area contributed by atoms with Crippen LogP contribution >= 0.6 is 12.6 Å². The molecule has 0 radical (unpaired) electrons. The topological polar surface area (TPSA) is 26.0 Å². The molecule has 2 heteroatoms. The lowest BCUT2D eigenvalue weighted by Crippen LogP contribution is -2.23. The van der Waals surface area contributed by atoms with Crippen LogP contribution in [0.25, 0.3) is 0 Å². The second kappa shape index (κ2) is 3.36. The molecule has 0 fully saturated rings. The van der Waals surface area contributed by atoms with Crippen LogP contribution in [0.5, 0.6) is 0 Å². The molecule has 0 aliphatic rings. The van der Waals surface area contributed by atoms with Gasteiger partial charge in [0.25, 0.3) is 0 Å². The number of hydrogen-bond acceptors (Lipinski definition) is 2. The zero-order valence-electron chi connectivity index (χ0n) is 5.65. The maximum atomic E-state index is 5.46. The van der Waals surface area contributed by atoms with Crippen LogP contribution in [0, 0.1) is 5.41 Å². The van der Waals surface area contributed by atoms with E-state index in [0.717, 1.165) is 18.7 Å². The molecule has 0 rings (SSSR count). The van der Waals surface area contributed by atoms with Gasteiger partial charge in [-0.2, -0.15) is 12.6 Å². The fourth-order valence-electron chi connectivity index (χ4n) is 0.405. The zero-order chi connectivity index (χ0) is 6.62. The van der Waals surface area contributed by atoms with Crippen LogP contribution in [0.1, 0.15) is 20.3 Å². The second-order valence-electron chi connectivity index (χ2n) is 2.84. The van der Waals surface area contributed by atoms with Gasteiger partial charge in [-0.25, -0.2) is 0 Å². The molecule has 0 aliphatic heterocycles. The van der Waals surface area contributed by atoms with Gasteiger partial charge in [0.05, 0.1) is 0 Å². The predicted octanol–water partition coefficient (Wildman–Crippen LogP) is 1.29. The Kier molecular flexibility index (Phi) is 3.49. The molecule has 0 aromatic rings. The van der Waals surface area contributed by atoms with E-state index in [0.29, 0.717) is 5.41 Å². The minimum absolute atomic E-state index is 0.293. The molecular weight excluding hydrogens is 118 g/mol. The molecule has 50 valence electrons. The Morgan fingerprint density at radius 1 is 1.50 bits per heavy atom. The van der Waals surface area contributed by atoms with Crippen molar-refractivity contribution in [1.82, 2.24) is 0 Å². The second-order valence-corrected chi connectivity index (χ2v) is 3.29. The third-order valence-electron chi connectivity index (χ3n) is 1.34. The van der Waals surface area contributed by atoms with Crippen molar-refractivity contribution in [3.8, 4) is 0 Å². The van der Waals surface area contributed by atoms with Gasteiger partial charge in [-0.05, 0) is 24.1 Å². The minimum Gasteiger partial charge on any atom is -0.330 e. The first-order valence-corrected chi connectivity index (χ1v) is 3.56. The van der Waals surface area contributed by atoms with Crippen molar-refractivity contribution >= 4 is 12.6 Å². The molecule has 0 saturated carbocycles. The lowest BCUT2D eigenvalue weighted by atomic mass is 9.91. The Labute approximate surface area is 57.1 Å². The smallest absolute Gasteiger partial charge is 0.00255 e. The Balaban J connectivity index is 3.37. The quantitative estimate of drug-likeness (QED) is 0.557. The zero-order valence-corrected chi connectivity index (χ0v) is 6.54. The van der Waals surface area contributed by atoms with Gasteiger partial charge in [0.1, 0.15) is 0 Å². The first kappa shape index (κ1) is 8.31. The van der Waals surface area contributed by atoms with E-state index in [2.05, 4.69) is 26.5 Å². The SMILES string of the molecule is CC(C)(CN)CCS. The summed E-state index contributed by atoms with van der Waals surface area (Å²) in [4.78, 5) is 0. The molecule has 0 saturated heterocycles. The first-order valence-electron chi connectivity index (χ1n) is 2.93. The summed E-state index contributed by atoms with van der Waals surface area (Å²) in [5.74, 6) is 0.935. The third-order valence-corrected chi connectivity index (χ3v) is 1.56. The molecule has 0 aliphatic carbocycles. The van der Waals surface area contributed by atoms with Gasteiger partial charge in [0, 0.05) is 0 Å². The third kappa shape index (κ3) is 3.33. The molecule has 0 unspecified atom stereocenters. The van der Waals surface area contributed by atoms with E-state index in [9.17, 15) is 0 Å². The fraction of sp³-hybridized carbons (Fsp3) is 1.00. The van der Waals surface area contributed by atoms with E-state index in [1.807, 2.05) is 0 Å². The molecule has 0 aromatic carbocycles. The van der Waals surface area contributed by atoms with Crippen molar-refractivity contribution in [2.45, 2.75) is 20.3 Å². The number of thiol groups is 1. The summed E-state index contributed by atoms with van der Waals surface area (Å²) in [5, 5.41) is 0. The van der Waals surface area contributed by atoms with Crippen molar-refractivity contribution in [1.29, 1.82) is 0 Å². The van der Waals surface area contributed by atoms with Crippen LogP contribution < -0.4 is 5.73 Å². The van der Waals surface area contributed by atoms with E-state index in [1.54, 1.807) is 0 Å². The van der Waals surface area contributed by atoms with Crippen molar-refractivity contribution in [2.24, 2.45) is 11.1 Å². The van der Waals surface area contributed by atoms with Crippen LogP contribution in [-0.4, -0.2) is 12.3 Å². The average molecular weight is 133 g/mol. The van der Waals surface area contributed by atoms with Crippen molar-refractivity contribution in [2.75, 3.05) is 12.3 Å². The van der Waals surface area contributed by atoms with Gasteiger partial charge in [0.15, 0.2) is 0 Å². The van der Waals surface area contributed by atoms with E-state index < -0.39 is 0 Å². The molecule has 0 amide bonds. The van der Waals surface area contributed by atoms with Crippen molar-refractivity contribution in [3.05, 3.63) is 0 Å². The summed E-state index contributed by atoms with van der Waals surface area (Å²) < 4.78 is 0. The minimum atomic E-state index is 0.293. The Morgan fingerprint density at radius 2 is 2.00 bits per heavy atom. The highest BCUT2D eigenvalue weighted by molar-refractivity contribution is 7.80. The van der Waals surface area contributed by atoms with E-state index >= 15 is 0 Å². The summed E-state index contributed by atoms with van der Waals surface area (Å²) in [6, 6.07) is 0. The van der Waals surface area contributed by atoms with E-state index in [1.165, 1.54) is 0 Å². The molecule has 0 atom stereocenters. The molecule has 0 spiro atoms. The van der Waals surface area contributed by atoms with Gasteiger partial charge in [-0.1, -0.05) is 13.8 Å². The molecule has 2 N–H and O–H groups in total. The summed E-state index contributed by atoms with van der Waals surface area (Å²) in [5.41, 5.74) is 5.75. The van der Waals surface area contributed by atoms with Gasteiger partial charge >= 0.3 is 0 Å². The summed E-state index contributed by atoms with van der Waals surface area (Å²) in [7, 11) is 0. The highest BCUT2D eigenvalue weighted by Gasteiger charge is 2.12. The lowest BCUT2D eigenvalue weighted by molar-refractivity contribution is 0.368. The molecular formula is C6H15NS. The predicted molar refractivity (Wildman–Crippen MR) is 41.3 cm³/mol. The van der Waals surface area contributed by atoms with E-state index in [4.69, 9.17) is 5.73 Å². The summed E-state index contributed by atoms with van der Waals surface area (Å²) >= 11 is 4.11. The summed E-state index contributed by atoms with van der Waals surface area (Å²) in [6.07, 6.45) is 1.10. The van der Waals surface area contributed by atoms with Crippen molar-refractivity contribution < 1.29 is 0 Å². The number of hydrogen-bond donors (Lipinski definition) is 2. The number of nitrogens with two attached hydrogens (primary N) is 1. The molecule has 0 bridgehead atoms. The molecule has 8 heavy (non-hydrogen) atoms. The van der Waals surface area contributed by atoms with Gasteiger partial charge in [0.2, 0.25) is 0 Å². The standard InChI is InChI=1S/C6H15NS/c1-6(2,5-7)3-4-8/h8H,3-5,7H2,1-2H3. The monoisotopic (exact) mass is 133 g/mol.